The summed E-state index contributed by atoms with van der Waals surface area (Å²) in [6.45, 7) is 8.57. The monoisotopic (exact) mass is 400 g/mol. The van der Waals surface area contributed by atoms with Gasteiger partial charge in [0, 0.05) is 25.3 Å². The fourth-order valence-electron chi connectivity index (χ4n) is 3.87. The van der Waals surface area contributed by atoms with Gasteiger partial charge in [0.25, 0.3) is 0 Å². The van der Waals surface area contributed by atoms with Crippen molar-refractivity contribution in [2.75, 3.05) is 46.4 Å². The topological polar surface area (TPSA) is 73.9 Å². The highest BCUT2D eigenvalue weighted by Crippen LogP contribution is 2.28. The Morgan fingerprint density at radius 3 is 2.59 bits per heavy atom. The standard InChI is InChI=1S/C22H32N4O3/c1-4-16-7-9-17(10-8-16)20-19(21(27)29-5-2)18(23-22(28)24-20)15-26-12-6-11-25(3)13-14-26/h7-10,20H,4-6,11-15H2,1-3H3,(H2,23,24,28)/t20-/m1/s1. The predicted molar refractivity (Wildman–Crippen MR) is 112 cm³/mol. The molecular formula is C22H32N4O3. The van der Waals surface area contributed by atoms with E-state index in [1.54, 1.807) is 6.92 Å². The van der Waals surface area contributed by atoms with Crippen LogP contribution in [0, 0.1) is 0 Å². The normalized spacial score (nSPS) is 21.3. The maximum Gasteiger partial charge on any atom is 0.338 e. The molecule has 3 rings (SSSR count). The minimum absolute atomic E-state index is 0.287. The Bertz CT molecular complexity index is 760. The number of benzene rings is 1. The lowest BCUT2D eigenvalue weighted by molar-refractivity contribution is -0.139. The second kappa shape index (κ2) is 9.89. The van der Waals surface area contributed by atoms with E-state index in [0.29, 0.717) is 24.4 Å². The lowest BCUT2D eigenvalue weighted by Gasteiger charge is -2.32. The number of amides is 2. The molecule has 1 aromatic carbocycles. The third kappa shape index (κ3) is 5.36. The van der Waals surface area contributed by atoms with Crippen LogP contribution in [0.1, 0.15) is 37.4 Å². The summed E-state index contributed by atoms with van der Waals surface area (Å²) in [7, 11) is 2.12. The first-order valence-electron chi connectivity index (χ1n) is 10.5. The smallest absolute Gasteiger partial charge is 0.338 e. The van der Waals surface area contributed by atoms with Gasteiger partial charge in [-0.1, -0.05) is 31.2 Å². The molecule has 7 nitrogen and oxygen atoms in total. The van der Waals surface area contributed by atoms with Crippen molar-refractivity contribution in [3.8, 4) is 0 Å². The number of hydrogen-bond acceptors (Lipinski definition) is 5. The molecule has 1 atom stereocenters. The van der Waals surface area contributed by atoms with Gasteiger partial charge in [-0.2, -0.15) is 0 Å². The van der Waals surface area contributed by atoms with Gasteiger partial charge < -0.3 is 20.3 Å². The molecule has 0 unspecified atom stereocenters. The zero-order valence-electron chi connectivity index (χ0n) is 17.7. The number of carbonyl (C=O) groups excluding carboxylic acids is 2. The second-order valence-electron chi connectivity index (χ2n) is 7.67. The lowest BCUT2D eigenvalue weighted by Crippen LogP contribution is -2.48. The van der Waals surface area contributed by atoms with E-state index < -0.39 is 6.04 Å². The molecule has 1 fully saturated rings. The molecule has 1 aromatic rings. The fraction of sp³-hybridized carbons (Fsp3) is 0.545. The number of rotatable bonds is 6. The summed E-state index contributed by atoms with van der Waals surface area (Å²) in [5, 5.41) is 5.79. The molecule has 0 saturated carbocycles. The van der Waals surface area contributed by atoms with Gasteiger partial charge in [0.1, 0.15) is 0 Å². The Balaban J connectivity index is 1.93. The van der Waals surface area contributed by atoms with Gasteiger partial charge in [-0.25, -0.2) is 9.59 Å². The Labute approximate surface area is 173 Å². The van der Waals surface area contributed by atoms with Crippen LogP contribution in [-0.4, -0.2) is 68.2 Å². The first-order chi connectivity index (χ1) is 14.0. The molecule has 0 aromatic heterocycles. The summed E-state index contributed by atoms with van der Waals surface area (Å²) in [6, 6.07) is 7.23. The van der Waals surface area contributed by atoms with E-state index in [2.05, 4.69) is 34.4 Å². The van der Waals surface area contributed by atoms with Crippen LogP contribution in [0.2, 0.25) is 0 Å². The molecule has 158 valence electrons. The van der Waals surface area contributed by atoms with Crippen LogP contribution in [0.15, 0.2) is 35.5 Å². The number of aryl methyl sites for hydroxylation is 1. The third-order valence-electron chi connectivity index (χ3n) is 5.56. The average Bonchev–Trinajstić information content (AvgIpc) is 2.92. The minimum Gasteiger partial charge on any atom is -0.463 e. The molecule has 2 heterocycles. The van der Waals surface area contributed by atoms with Crippen molar-refractivity contribution in [2.24, 2.45) is 0 Å². The maximum absolute atomic E-state index is 12.9. The van der Waals surface area contributed by atoms with Crippen molar-refractivity contribution < 1.29 is 14.3 Å². The molecule has 2 amide bonds. The first-order valence-corrected chi connectivity index (χ1v) is 10.5. The summed E-state index contributed by atoms with van der Waals surface area (Å²) in [5.41, 5.74) is 3.23. The van der Waals surface area contributed by atoms with Crippen LogP contribution < -0.4 is 10.6 Å². The molecular weight excluding hydrogens is 368 g/mol. The van der Waals surface area contributed by atoms with Gasteiger partial charge >= 0.3 is 12.0 Å². The van der Waals surface area contributed by atoms with Crippen LogP contribution in [0.3, 0.4) is 0 Å². The summed E-state index contributed by atoms with van der Waals surface area (Å²) < 4.78 is 5.36. The number of likely N-dealkylation sites (N-methyl/N-ethyl adjacent to an activating group) is 1. The number of urea groups is 1. The van der Waals surface area contributed by atoms with E-state index in [0.717, 1.165) is 44.6 Å². The van der Waals surface area contributed by atoms with Crippen molar-refractivity contribution in [1.29, 1.82) is 0 Å². The number of esters is 1. The average molecular weight is 401 g/mol. The van der Waals surface area contributed by atoms with Gasteiger partial charge in [0.05, 0.1) is 18.2 Å². The van der Waals surface area contributed by atoms with Crippen LogP contribution in [0.4, 0.5) is 4.79 Å². The highest BCUT2D eigenvalue weighted by molar-refractivity contribution is 5.95. The number of hydrogen-bond donors (Lipinski definition) is 2. The second-order valence-corrected chi connectivity index (χ2v) is 7.67. The number of nitrogens with one attached hydrogen (secondary N) is 2. The molecule has 2 aliphatic rings. The zero-order chi connectivity index (χ0) is 20.8. The molecule has 1 saturated heterocycles. The highest BCUT2D eigenvalue weighted by Gasteiger charge is 2.34. The Morgan fingerprint density at radius 1 is 1.14 bits per heavy atom. The van der Waals surface area contributed by atoms with E-state index in [-0.39, 0.29) is 12.0 Å². The van der Waals surface area contributed by atoms with Crippen molar-refractivity contribution in [2.45, 2.75) is 32.7 Å². The quantitative estimate of drug-likeness (QED) is 0.715. The van der Waals surface area contributed by atoms with Gasteiger partial charge in [0.15, 0.2) is 0 Å². The molecule has 2 N–H and O–H groups in total. The van der Waals surface area contributed by atoms with Crippen molar-refractivity contribution >= 4 is 12.0 Å². The fourth-order valence-corrected chi connectivity index (χ4v) is 3.87. The van der Waals surface area contributed by atoms with Gasteiger partial charge in [-0.3, -0.25) is 4.90 Å². The van der Waals surface area contributed by atoms with E-state index in [4.69, 9.17) is 4.74 Å². The summed E-state index contributed by atoms with van der Waals surface area (Å²) >= 11 is 0. The Kier molecular flexibility index (Phi) is 7.28. The molecule has 7 heteroatoms. The molecule has 2 aliphatic heterocycles. The number of ether oxygens (including phenoxy) is 1. The van der Waals surface area contributed by atoms with E-state index in [1.165, 1.54) is 5.56 Å². The first kappa shape index (κ1) is 21.3. The van der Waals surface area contributed by atoms with E-state index in [9.17, 15) is 9.59 Å². The summed E-state index contributed by atoms with van der Waals surface area (Å²) in [6.07, 6.45) is 2.00. The zero-order valence-corrected chi connectivity index (χ0v) is 17.7. The molecule has 0 spiro atoms. The molecule has 0 radical (unpaired) electrons. The van der Waals surface area contributed by atoms with Crippen LogP contribution in [0.5, 0.6) is 0 Å². The van der Waals surface area contributed by atoms with Gasteiger partial charge in [-0.15, -0.1) is 0 Å². The summed E-state index contributed by atoms with van der Waals surface area (Å²) in [4.78, 5) is 29.9. The SMILES string of the molecule is CCOC(=O)C1=C(CN2CCCN(C)CC2)NC(=O)N[C@@H]1c1ccc(CC)cc1. The largest absolute Gasteiger partial charge is 0.463 e. The Morgan fingerprint density at radius 2 is 1.90 bits per heavy atom. The van der Waals surface area contributed by atoms with E-state index in [1.807, 2.05) is 24.3 Å². The Hall–Kier alpha value is -2.38. The third-order valence-corrected chi connectivity index (χ3v) is 5.56. The molecule has 0 aliphatic carbocycles. The van der Waals surface area contributed by atoms with Crippen LogP contribution in [0.25, 0.3) is 0 Å². The predicted octanol–water partition coefficient (Wildman–Crippen LogP) is 2.06. The van der Waals surface area contributed by atoms with Crippen LogP contribution >= 0.6 is 0 Å². The molecule has 0 bridgehead atoms. The minimum atomic E-state index is -0.515. The number of carbonyl (C=O) groups is 2. The van der Waals surface area contributed by atoms with Crippen molar-refractivity contribution in [1.82, 2.24) is 20.4 Å². The summed E-state index contributed by atoms with van der Waals surface area (Å²) in [5.74, 6) is -0.383. The van der Waals surface area contributed by atoms with Crippen molar-refractivity contribution in [3.63, 3.8) is 0 Å². The van der Waals surface area contributed by atoms with Crippen LogP contribution in [-0.2, 0) is 16.0 Å². The molecule has 29 heavy (non-hydrogen) atoms. The maximum atomic E-state index is 12.9. The van der Waals surface area contributed by atoms with E-state index >= 15 is 0 Å². The van der Waals surface area contributed by atoms with Gasteiger partial charge in [0.2, 0.25) is 0 Å². The van der Waals surface area contributed by atoms with Crippen molar-refractivity contribution in [3.05, 3.63) is 46.7 Å². The number of nitrogens with zero attached hydrogens (tertiary/aromatic N) is 2. The lowest BCUT2D eigenvalue weighted by atomic mass is 9.94. The van der Waals surface area contributed by atoms with Gasteiger partial charge in [-0.05, 0) is 51.0 Å². The highest BCUT2D eigenvalue weighted by atomic mass is 16.5.